The zero-order valence-electron chi connectivity index (χ0n) is 13.3. The Morgan fingerprint density at radius 3 is 2.67 bits per heavy atom. The van der Waals surface area contributed by atoms with Crippen LogP contribution in [0.5, 0.6) is 5.75 Å². The van der Waals surface area contributed by atoms with Crippen LogP contribution >= 0.6 is 11.6 Å². The standard InChI is InChI=1S/C17H28ClNO2/c1-13(2)6-4-7-14(3)19-11-16(20)12-21-17-9-5-8-15(18)10-17/h5,8-10,13-14,16,19-20H,4,6-7,11-12H2,1-3H3. The molecule has 0 aliphatic heterocycles. The van der Waals surface area contributed by atoms with Crippen molar-refractivity contribution < 1.29 is 9.84 Å². The van der Waals surface area contributed by atoms with Gasteiger partial charge in [0.2, 0.25) is 0 Å². The molecule has 1 rings (SSSR count). The first-order chi connectivity index (χ1) is 9.97. The molecule has 0 bridgehead atoms. The van der Waals surface area contributed by atoms with Gasteiger partial charge in [-0.15, -0.1) is 0 Å². The first-order valence-electron chi connectivity index (χ1n) is 7.77. The highest BCUT2D eigenvalue weighted by molar-refractivity contribution is 6.30. The van der Waals surface area contributed by atoms with Crippen molar-refractivity contribution in [2.45, 2.75) is 52.2 Å². The van der Waals surface area contributed by atoms with Crippen molar-refractivity contribution >= 4 is 11.6 Å². The molecule has 1 aromatic rings. The fourth-order valence-corrected chi connectivity index (χ4v) is 2.26. The van der Waals surface area contributed by atoms with Crippen LogP contribution < -0.4 is 10.1 Å². The Kier molecular flexibility index (Phi) is 8.74. The molecular weight excluding hydrogens is 286 g/mol. The highest BCUT2D eigenvalue weighted by Crippen LogP contribution is 2.17. The van der Waals surface area contributed by atoms with Crippen LogP contribution in [0.2, 0.25) is 5.02 Å². The first kappa shape index (κ1) is 18.3. The Balaban J connectivity index is 2.14. The zero-order chi connectivity index (χ0) is 15.7. The second kappa shape index (κ2) is 10.0. The zero-order valence-corrected chi connectivity index (χ0v) is 14.1. The lowest BCUT2D eigenvalue weighted by molar-refractivity contribution is 0.104. The van der Waals surface area contributed by atoms with Crippen molar-refractivity contribution in [2.24, 2.45) is 5.92 Å². The topological polar surface area (TPSA) is 41.5 Å². The molecule has 1 aromatic carbocycles. The van der Waals surface area contributed by atoms with Gasteiger partial charge in [0.05, 0.1) is 0 Å². The Bertz CT molecular complexity index is 398. The molecule has 2 N–H and O–H groups in total. The maximum atomic E-state index is 9.92. The molecule has 0 saturated carbocycles. The highest BCUT2D eigenvalue weighted by atomic mass is 35.5. The summed E-state index contributed by atoms with van der Waals surface area (Å²) in [7, 11) is 0. The Morgan fingerprint density at radius 1 is 1.24 bits per heavy atom. The van der Waals surface area contributed by atoms with Gasteiger partial charge in [0, 0.05) is 17.6 Å². The molecule has 2 unspecified atom stereocenters. The van der Waals surface area contributed by atoms with Crippen LogP contribution in [0, 0.1) is 5.92 Å². The van der Waals surface area contributed by atoms with Gasteiger partial charge in [0.15, 0.2) is 0 Å². The maximum absolute atomic E-state index is 9.92. The number of halogens is 1. The van der Waals surface area contributed by atoms with E-state index in [0.29, 0.717) is 23.4 Å². The highest BCUT2D eigenvalue weighted by Gasteiger charge is 2.08. The van der Waals surface area contributed by atoms with Gasteiger partial charge >= 0.3 is 0 Å². The third-order valence-electron chi connectivity index (χ3n) is 3.36. The fourth-order valence-electron chi connectivity index (χ4n) is 2.08. The third-order valence-corrected chi connectivity index (χ3v) is 3.59. The predicted molar refractivity (Wildman–Crippen MR) is 89.1 cm³/mol. The minimum Gasteiger partial charge on any atom is -0.491 e. The van der Waals surface area contributed by atoms with Crippen LogP contribution in [0.1, 0.15) is 40.0 Å². The molecule has 2 atom stereocenters. The normalized spacial score (nSPS) is 14.2. The molecule has 120 valence electrons. The fraction of sp³-hybridized carbons (Fsp3) is 0.647. The van der Waals surface area contributed by atoms with Crippen molar-refractivity contribution in [1.29, 1.82) is 0 Å². The summed E-state index contributed by atoms with van der Waals surface area (Å²) in [6.45, 7) is 7.46. The average Bonchev–Trinajstić information content (AvgIpc) is 2.42. The Hall–Kier alpha value is -0.770. The number of hydrogen-bond acceptors (Lipinski definition) is 3. The van der Waals surface area contributed by atoms with Crippen LogP contribution in [0.25, 0.3) is 0 Å². The van der Waals surface area contributed by atoms with E-state index < -0.39 is 6.10 Å². The summed E-state index contributed by atoms with van der Waals surface area (Å²) in [6.07, 6.45) is 3.10. The van der Waals surface area contributed by atoms with Gasteiger partial charge in [-0.05, 0) is 37.5 Å². The summed E-state index contributed by atoms with van der Waals surface area (Å²) in [6, 6.07) is 7.63. The van der Waals surface area contributed by atoms with Gasteiger partial charge in [-0.1, -0.05) is 44.4 Å². The van der Waals surface area contributed by atoms with E-state index in [0.717, 1.165) is 12.3 Å². The lowest BCUT2D eigenvalue weighted by Crippen LogP contribution is -2.36. The molecule has 0 spiro atoms. The van der Waals surface area contributed by atoms with Gasteiger partial charge in [-0.3, -0.25) is 0 Å². The number of hydrogen-bond donors (Lipinski definition) is 2. The van der Waals surface area contributed by atoms with Crippen LogP contribution in [0.3, 0.4) is 0 Å². The van der Waals surface area contributed by atoms with Crippen molar-refractivity contribution in [3.8, 4) is 5.75 Å². The van der Waals surface area contributed by atoms with E-state index in [9.17, 15) is 5.11 Å². The number of rotatable bonds is 10. The summed E-state index contributed by atoms with van der Waals surface area (Å²) in [5, 5.41) is 13.9. The lowest BCUT2D eigenvalue weighted by Gasteiger charge is -2.18. The lowest BCUT2D eigenvalue weighted by atomic mass is 10.0. The molecule has 0 amide bonds. The molecule has 0 heterocycles. The number of aliphatic hydroxyl groups is 1. The smallest absolute Gasteiger partial charge is 0.120 e. The Labute approximate surface area is 133 Å². The van der Waals surface area contributed by atoms with Gasteiger partial charge in [0.1, 0.15) is 18.5 Å². The third kappa shape index (κ3) is 8.97. The van der Waals surface area contributed by atoms with Crippen molar-refractivity contribution in [2.75, 3.05) is 13.2 Å². The van der Waals surface area contributed by atoms with Gasteiger partial charge < -0.3 is 15.2 Å². The molecule has 0 aliphatic carbocycles. The minimum atomic E-state index is -0.517. The second-order valence-corrected chi connectivity index (χ2v) is 6.49. The SMILES string of the molecule is CC(C)CCCC(C)NCC(O)COc1cccc(Cl)c1. The van der Waals surface area contributed by atoms with E-state index in [1.54, 1.807) is 12.1 Å². The van der Waals surface area contributed by atoms with Crippen molar-refractivity contribution in [3.05, 3.63) is 29.3 Å². The molecule has 0 aromatic heterocycles. The molecule has 21 heavy (non-hydrogen) atoms. The summed E-state index contributed by atoms with van der Waals surface area (Å²) >= 11 is 5.88. The molecule has 0 radical (unpaired) electrons. The Morgan fingerprint density at radius 2 is 2.00 bits per heavy atom. The quantitative estimate of drug-likeness (QED) is 0.688. The van der Waals surface area contributed by atoms with Crippen molar-refractivity contribution in [1.82, 2.24) is 5.32 Å². The molecule has 0 aliphatic rings. The second-order valence-electron chi connectivity index (χ2n) is 6.06. The molecule has 4 heteroatoms. The van der Waals surface area contributed by atoms with Gasteiger partial charge in [0.25, 0.3) is 0 Å². The monoisotopic (exact) mass is 313 g/mol. The number of nitrogens with one attached hydrogen (secondary N) is 1. The summed E-state index contributed by atoms with van der Waals surface area (Å²) in [5.41, 5.74) is 0. The van der Waals surface area contributed by atoms with E-state index >= 15 is 0 Å². The molecule has 3 nitrogen and oxygen atoms in total. The number of ether oxygens (including phenoxy) is 1. The molecule has 0 saturated heterocycles. The van der Waals surface area contributed by atoms with Crippen LogP contribution in [-0.2, 0) is 0 Å². The van der Waals surface area contributed by atoms with Crippen LogP contribution in [0.4, 0.5) is 0 Å². The maximum Gasteiger partial charge on any atom is 0.120 e. The number of aliphatic hydroxyl groups excluding tert-OH is 1. The van der Waals surface area contributed by atoms with E-state index in [-0.39, 0.29) is 6.61 Å². The summed E-state index contributed by atoms with van der Waals surface area (Å²) < 4.78 is 5.52. The average molecular weight is 314 g/mol. The van der Waals surface area contributed by atoms with Gasteiger partial charge in [-0.2, -0.15) is 0 Å². The van der Waals surface area contributed by atoms with E-state index in [1.807, 2.05) is 12.1 Å². The molecular formula is C17H28ClNO2. The van der Waals surface area contributed by atoms with Crippen LogP contribution in [0.15, 0.2) is 24.3 Å². The van der Waals surface area contributed by atoms with E-state index in [2.05, 4.69) is 26.1 Å². The first-order valence-corrected chi connectivity index (χ1v) is 8.15. The van der Waals surface area contributed by atoms with E-state index in [4.69, 9.17) is 16.3 Å². The van der Waals surface area contributed by atoms with Gasteiger partial charge in [-0.25, -0.2) is 0 Å². The summed E-state index contributed by atoms with van der Waals surface area (Å²) in [4.78, 5) is 0. The minimum absolute atomic E-state index is 0.270. The van der Waals surface area contributed by atoms with Crippen LogP contribution in [-0.4, -0.2) is 30.4 Å². The number of benzene rings is 1. The van der Waals surface area contributed by atoms with E-state index in [1.165, 1.54) is 12.8 Å². The largest absolute Gasteiger partial charge is 0.491 e. The predicted octanol–water partition coefficient (Wildman–Crippen LogP) is 3.88. The molecule has 0 fully saturated rings. The van der Waals surface area contributed by atoms with Crippen molar-refractivity contribution in [3.63, 3.8) is 0 Å². The summed E-state index contributed by atoms with van der Waals surface area (Å²) in [5.74, 6) is 1.44.